The van der Waals surface area contributed by atoms with Gasteiger partial charge in [0, 0.05) is 0 Å². The average Bonchev–Trinajstić information content (AvgIpc) is 0. The first-order chi connectivity index (χ1) is 0. The Morgan fingerprint density at radius 2 is 0.500 bits per heavy atom. The minimum atomic E-state index is 0. The molecule has 0 rings (SSSR count). The van der Waals surface area contributed by atoms with Gasteiger partial charge in [-0.05, 0) is 0 Å². The third-order valence-corrected chi connectivity index (χ3v) is 0. The Balaban J connectivity index is 0. The molecule has 6 heavy (non-hydrogen) atoms. The summed E-state index contributed by atoms with van der Waals surface area (Å²) in [7, 11) is 0. The Kier molecular flexibility index (Phi) is 408. The normalized spacial score (nSPS) is 0. The summed E-state index contributed by atoms with van der Waals surface area (Å²) in [6.45, 7) is 0. The summed E-state index contributed by atoms with van der Waals surface area (Å²) >= 11 is 0. The molecular weight excluding hydrogens is 343 g/mol. The van der Waals surface area contributed by atoms with Gasteiger partial charge in [-0.1, -0.05) is 0 Å². The zero-order valence-corrected chi connectivity index (χ0v) is 10.9. The van der Waals surface area contributed by atoms with E-state index in [2.05, 4.69) is 0 Å². The van der Waals surface area contributed by atoms with E-state index in [1.165, 1.54) is 0 Å². The van der Waals surface area contributed by atoms with Crippen molar-refractivity contribution in [2.24, 2.45) is 0 Å². The van der Waals surface area contributed by atoms with Gasteiger partial charge < -0.3 is 49.6 Å². The number of hydrogen-bond donors (Lipinski definition) is 0. The molecule has 0 aromatic carbocycles. The second-order valence-electron chi connectivity index (χ2n) is 0. The summed E-state index contributed by atoms with van der Waals surface area (Å²) in [4.78, 5) is 0. The molecule has 0 bridgehead atoms. The molecule has 0 aliphatic rings. The minimum absolute atomic E-state index is 0. The molecule has 0 atom stereocenters. The SMILES string of the molecule is [Ba+2].[Cl-].[Cl-].[Cl-].[Cl-].[Cu+2]. The largest absolute Gasteiger partial charge is 2.00 e. The maximum Gasteiger partial charge on any atom is 2.00 e. The average molecular weight is 343 g/mol. The monoisotopic (exact) mass is 341 g/mol. The van der Waals surface area contributed by atoms with Crippen molar-refractivity contribution in [2.45, 2.75) is 0 Å². The van der Waals surface area contributed by atoms with Crippen LogP contribution in [0.25, 0.3) is 0 Å². The Hall–Kier alpha value is 3.25. The van der Waals surface area contributed by atoms with Gasteiger partial charge in [0.1, 0.15) is 0 Å². The van der Waals surface area contributed by atoms with Gasteiger partial charge in [0.25, 0.3) is 0 Å². The van der Waals surface area contributed by atoms with E-state index in [1.807, 2.05) is 0 Å². The van der Waals surface area contributed by atoms with Crippen LogP contribution < -0.4 is 49.6 Å². The van der Waals surface area contributed by atoms with Gasteiger partial charge in [0.15, 0.2) is 0 Å². The molecule has 0 nitrogen and oxygen atoms in total. The van der Waals surface area contributed by atoms with Crippen LogP contribution in [0.5, 0.6) is 0 Å². The standard InChI is InChI=1S/Ba.4ClH.Cu/h;4*1H;/q+2;;;;;+2/p-4. The molecule has 0 aromatic rings. The maximum atomic E-state index is 0. The fourth-order valence-electron chi connectivity index (χ4n) is 0. The molecule has 6 heteroatoms. The topological polar surface area (TPSA) is 0 Å². The smallest absolute Gasteiger partial charge is 1.00 e. The van der Waals surface area contributed by atoms with E-state index in [4.69, 9.17) is 0 Å². The van der Waals surface area contributed by atoms with Crippen molar-refractivity contribution >= 4 is 48.9 Å². The molecule has 0 saturated carbocycles. The Labute approximate surface area is 113 Å². The van der Waals surface area contributed by atoms with Crippen molar-refractivity contribution in [3.63, 3.8) is 0 Å². The molecule has 41 valence electrons. The summed E-state index contributed by atoms with van der Waals surface area (Å²) in [6.07, 6.45) is 0. The Bertz CT molecular complexity index is 7.51. The van der Waals surface area contributed by atoms with Crippen molar-refractivity contribution in [3.8, 4) is 0 Å². The second-order valence-corrected chi connectivity index (χ2v) is 0. The van der Waals surface area contributed by atoms with E-state index in [0.717, 1.165) is 0 Å². The van der Waals surface area contributed by atoms with Crippen molar-refractivity contribution in [2.75, 3.05) is 0 Å². The van der Waals surface area contributed by atoms with Crippen molar-refractivity contribution in [1.29, 1.82) is 0 Å². The van der Waals surface area contributed by atoms with Crippen LogP contribution in [0.2, 0.25) is 0 Å². The van der Waals surface area contributed by atoms with Gasteiger partial charge in [-0.3, -0.25) is 0 Å². The summed E-state index contributed by atoms with van der Waals surface area (Å²) < 4.78 is 0. The Morgan fingerprint density at radius 1 is 0.500 bits per heavy atom. The van der Waals surface area contributed by atoms with E-state index in [9.17, 15) is 0 Å². The van der Waals surface area contributed by atoms with Crippen LogP contribution in [-0.2, 0) is 17.1 Å². The summed E-state index contributed by atoms with van der Waals surface area (Å²) in [5, 5.41) is 0. The molecule has 0 spiro atoms. The molecule has 1 radical (unpaired) electrons. The van der Waals surface area contributed by atoms with Crippen LogP contribution in [0.1, 0.15) is 0 Å². The van der Waals surface area contributed by atoms with Crippen LogP contribution in [0.3, 0.4) is 0 Å². The first-order valence-corrected chi connectivity index (χ1v) is 0. The molecule has 0 saturated heterocycles. The fraction of sp³-hybridized carbons (Fsp3) is 0. The van der Waals surface area contributed by atoms with E-state index in [1.54, 1.807) is 0 Å². The van der Waals surface area contributed by atoms with E-state index in [0.29, 0.717) is 0 Å². The third kappa shape index (κ3) is 26.8. The molecule has 0 N–H and O–H groups in total. The molecular formula is BaCl4Cu. The van der Waals surface area contributed by atoms with Crippen molar-refractivity contribution in [1.82, 2.24) is 0 Å². The first-order valence-electron chi connectivity index (χ1n) is 0. The quantitative estimate of drug-likeness (QED) is 0.384. The van der Waals surface area contributed by atoms with Crippen LogP contribution in [0.15, 0.2) is 0 Å². The van der Waals surface area contributed by atoms with Gasteiger partial charge in [0.2, 0.25) is 0 Å². The summed E-state index contributed by atoms with van der Waals surface area (Å²) in [5.74, 6) is 0. The van der Waals surface area contributed by atoms with Gasteiger partial charge >= 0.3 is 65.9 Å². The van der Waals surface area contributed by atoms with Gasteiger partial charge in [-0.25, -0.2) is 0 Å². The molecule has 0 fully saturated rings. The second kappa shape index (κ2) is 41.0. The molecule has 0 unspecified atom stereocenters. The summed E-state index contributed by atoms with van der Waals surface area (Å²) in [5.41, 5.74) is 0. The molecule has 0 amide bonds. The van der Waals surface area contributed by atoms with Crippen LogP contribution >= 0.6 is 0 Å². The maximum absolute atomic E-state index is 0. The van der Waals surface area contributed by atoms with Gasteiger partial charge in [0.05, 0.1) is 0 Å². The van der Waals surface area contributed by atoms with Crippen molar-refractivity contribution in [3.05, 3.63) is 0 Å². The van der Waals surface area contributed by atoms with Gasteiger partial charge in [-0.2, -0.15) is 0 Å². The minimum Gasteiger partial charge on any atom is -1.00 e. The number of hydrogen-bond acceptors (Lipinski definition) is 0. The van der Waals surface area contributed by atoms with E-state index < -0.39 is 0 Å². The van der Waals surface area contributed by atoms with E-state index in [-0.39, 0.29) is 116 Å². The predicted molar refractivity (Wildman–Crippen MR) is 5.75 cm³/mol. The van der Waals surface area contributed by atoms with Crippen LogP contribution in [-0.4, -0.2) is 48.9 Å². The number of halogens is 4. The Morgan fingerprint density at radius 3 is 0.500 bits per heavy atom. The number of rotatable bonds is 0. The molecule has 0 heterocycles. The fourth-order valence-corrected chi connectivity index (χ4v) is 0. The summed E-state index contributed by atoms with van der Waals surface area (Å²) in [6, 6.07) is 0. The zero-order valence-electron chi connectivity index (χ0n) is 2.52. The van der Waals surface area contributed by atoms with Crippen molar-refractivity contribution < 1.29 is 66.7 Å². The molecule has 0 aliphatic carbocycles. The zero-order chi connectivity index (χ0) is 0. The molecule has 0 aliphatic heterocycles. The molecule has 0 aromatic heterocycles. The van der Waals surface area contributed by atoms with Crippen LogP contribution in [0, 0.1) is 0 Å². The van der Waals surface area contributed by atoms with Crippen LogP contribution in [0.4, 0.5) is 0 Å². The predicted octanol–water partition coefficient (Wildman–Crippen LogP) is -12.4. The van der Waals surface area contributed by atoms with Gasteiger partial charge in [-0.15, -0.1) is 0 Å². The first kappa shape index (κ1) is 59.6. The third-order valence-electron chi connectivity index (χ3n) is 0. The van der Waals surface area contributed by atoms with E-state index >= 15 is 0 Å².